The van der Waals surface area contributed by atoms with E-state index in [4.69, 9.17) is 14.6 Å². The topological polar surface area (TPSA) is 155 Å². The summed E-state index contributed by atoms with van der Waals surface area (Å²) >= 11 is 5.83. The number of aromatic nitrogens is 8. The number of carbonyl (C=O) groups excluding carboxylic acids is 2. The van der Waals surface area contributed by atoms with E-state index < -0.39 is 0 Å². The normalized spacial score (nSPS) is 10.6. The molecule has 55 heavy (non-hydrogen) atoms. The van der Waals surface area contributed by atoms with Crippen LogP contribution in [0, 0.1) is 51.4 Å². The van der Waals surface area contributed by atoms with Gasteiger partial charge in [-0.05, 0) is 89.5 Å². The number of H-pyrrole nitrogens is 1. The van der Waals surface area contributed by atoms with E-state index in [1.807, 2.05) is 38.4 Å². The molecule has 0 radical (unpaired) electrons. The Morgan fingerprint density at radius 3 is 1.53 bits per heavy atom. The van der Waals surface area contributed by atoms with Gasteiger partial charge in [0.15, 0.2) is 5.69 Å². The first-order chi connectivity index (χ1) is 25.8. The van der Waals surface area contributed by atoms with Crippen molar-refractivity contribution in [1.29, 1.82) is 0 Å². The number of aromatic amines is 1. The molecule has 0 fully saturated rings. The van der Waals surface area contributed by atoms with Crippen LogP contribution in [-0.4, -0.2) is 74.2 Å². The minimum atomic E-state index is -0.378. The lowest BCUT2D eigenvalue weighted by atomic mass is 10.2. The Bertz CT molecular complexity index is 1590. The molecule has 0 atom stereocenters. The van der Waals surface area contributed by atoms with Crippen molar-refractivity contribution in [2.45, 2.75) is 129 Å². The van der Waals surface area contributed by atoms with Gasteiger partial charge in [0.1, 0.15) is 5.69 Å². The number of alkyl halides is 2. The van der Waals surface area contributed by atoms with Gasteiger partial charge in [-0.2, -0.15) is 20.4 Å². The van der Waals surface area contributed by atoms with Crippen LogP contribution in [0.15, 0.2) is 24.3 Å². The fourth-order valence-electron chi connectivity index (χ4n) is 4.57. The number of carbonyl (C=O) groups is 2. The number of aryl methyl sites for hydroxylation is 4. The number of halogens is 2. The van der Waals surface area contributed by atoms with Crippen molar-refractivity contribution < 1.29 is 24.2 Å². The molecule has 0 aliphatic rings. The minimum Gasteiger partial charge on any atom is -0.461 e. The first-order valence-electron chi connectivity index (χ1n) is 19.0. The minimum absolute atomic E-state index is 0.0769. The second kappa shape index (κ2) is 28.4. The Kier molecular flexibility index (Phi) is 26.8. The summed E-state index contributed by atoms with van der Waals surface area (Å²) in [5.41, 5.74) is 6.83. The third-order valence-electron chi connectivity index (χ3n) is 6.77. The molecule has 15 heteroatoms. The Hall–Kier alpha value is -3.05. The average Bonchev–Trinajstić information content (AvgIpc) is 3.87. The number of nitrogens with one attached hydrogen (secondary N) is 1. The Balaban J connectivity index is 0.000000682. The summed E-state index contributed by atoms with van der Waals surface area (Å²) in [6.45, 7) is 32.0. The number of hydrogen-bond acceptors (Lipinski definition) is 9. The van der Waals surface area contributed by atoms with E-state index in [1.165, 1.54) is 10.1 Å². The molecular formula is C40H68BrIN8O5. The Labute approximate surface area is 352 Å². The van der Waals surface area contributed by atoms with Crippen LogP contribution in [-0.2, 0) is 41.0 Å². The second-order valence-corrected chi connectivity index (χ2v) is 16.1. The molecule has 0 aliphatic heterocycles. The highest BCUT2D eigenvalue weighted by Crippen LogP contribution is 2.11. The fraction of sp³-hybridized carbons (Fsp3) is 0.650. The number of esters is 2. The zero-order valence-electron chi connectivity index (χ0n) is 35.7. The standard InChI is InChI=1S/C11H18N2O2.C9H15BrN2.C9H16N2O.C7H10N2O2.C4H9I/c1-5-15-11(14)10-6-9(4)12-13(10)7-8(2)3;1-7(2)6-12-9(5-10)4-8(3)11-12;1-7(2)5-11-9(6-12)4-8(3)10-11;1-3-11-7(10)6-4-5(2)8-9-6;1-4(2)3-5/h6,8H,5,7H2,1-4H3;4,7H,5-6H2,1-3H3;4,7,12H,5-6H2,1-3H3;4H,3H2,1-2H3,(H,8,9);4H,3H2,1-2H3. The molecule has 0 amide bonds. The largest absolute Gasteiger partial charge is 0.461 e. The lowest BCUT2D eigenvalue weighted by Gasteiger charge is -2.08. The summed E-state index contributed by atoms with van der Waals surface area (Å²) < 4.78 is 16.6. The van der Waals surface area contributed by atoms with Crippen molar-refractivity contribution in [2.75, 3.05) is 17.6 Å². The smallest absolute Gasteiger partial charge is 0.358 e. The molecular weight excluding hydrogens is 879 g/mol. The molecule has 0 bridgehead atoms. The molecule has 2 N–H and O–H groups in total. The molecule has 4 rings (SSSR count). The highest BCUT2D eigenvalue weighted by Gasteiger charge is 2.15. The molecule has 4 heterocycles. The number of aliphatic hydroxyl groups is 1. The number of hydrogen-bond donors (Lipinski definition) is 2. The van der Waals surface area contributed by atoms with Crippen molar-refractivity contribution in [2.24, 2.45) is 23.7 Å². The SMILES string of the molecule is CC(C)CI.CCOC(=O)c1cc(C)[nH]n1.CCOC(=O)c1cc(C)nn1CC(C)C.Cc1cc(CBr)n(CC(C)C)n1.Cc1cc(CO)n(CC(C)C)n1. The van der Waals surface area contributed by atoms with Crippen molar-refractivity contribution in [3.63, 3.8) is 0 Å². The van der Waals surface area contributed by atoms with E-state index in [0.29, 0.717) is 42.4 Å². The number of nitrogens with zero attached hydrogens (tertiary/aromatic N) is 7. The highest BCUT2D eigenvalue weighted by molar-refractivity contribution is 14.1. The number of ether oxygens (including phenoxy) is 2. The van der Waals surface area contributed by atoms with E-state index >= 15 is 0 Å². The molecule has 0 unspecified atom stereocenters. The van der Waals surface area contributed by atoms with E-state index in [2.05, 4.69) is 130 Å². The van der Waals surface area contributed by atoms with Crippen LogP contribution in [0.3, 0.4) is 0 Å². The van der Waals surface area contributed by atoms with Crippen LogP contribution in [0.25, 0.3) is 0 Å². The van der Waals surface area contributed by atoms with E-state index in [1.54, 1.807) is 30.7 Å². The Morgan fingerprint density at radius 1 is 0.709 bits per heavy atom. The third kappa shape index (κ3) is 22.3. The zero-order chi connectivity index (χ0) is 42.2. The maximum atomic E-state index is 11.6. The second-order valence-electron chi connectivity index (χ2n) is 14.7. The quantitative estimate of drug-likeness (QED) is 0.0759. The van der Waals surface area contributed by atoms with Gasteiger partial charge in [-0.3, -0.25) is 19.1 Å². The monoisotopic (exact) mass is 946 g/mol. The molecule has 0 spiro atoms. The lowest BCUT2D eigenvalue weighted by Crippen LogP contribution is -2.15. The molecule has 0 saturated carbocycles. The summed E-state index contributed by atoms with van der Waals surface area (Å²) in [4.78, 5) is 22.5. The third-order valence-corrected chi connectivity index (χ3v) is 9.11. The predicted octanol–water partition coefficient (Wildman–Crippen LogP) is 9.08. The van der Waals surface area contributed by atoms with Crippen molar-refractivity contribution in [1.82, 2.24) is 39.5 Å². The lowest BCUT2D eigenvalue weighted by molar-refractivity contribution is 0.0504. The fourth-order valence-corrected chi connectivity index (χ4v) is 5.02. The van der Waals surface area contributed by atoms with E-state index in [9.17, 15) is 9.59 Å². The van der Waals surface area contributed by atoms with Crippen LogP contribution in [0.2, 0.25) is 0 Å². The molecule has 312 valence electrons. The molecule has 0 aliphatic carbocycles. The van der Waals surface area contributed by atoms with Gasteiger partial charge in [0, 0.05) is 40.8 Å². The van der Waals surface area contributed by atoms with Crippen molar-refractivity contribution >= 4 is 50.5 Å². The summed E-state index contributed by atoms with van der Waals surface area (Å²) in [6.07, 6.45) is 0. The first kappa shape index (κ1) is 52.0. The van der Waals surface area contributed by atoms with E-state index in [-0.39, 0.29) is 18.5 Å². The first-order valence-corrected chi connectivity index (χ1v) is 21.7. The highest BCUT2D eigenvalue weighted by atomic mass is 127. The Morgan fingerprint density at radius 2 is 1.13 bits per heavy atom. The molecule has 4 aromatic heterocycles. The number of aliphatic hydroxyl groups excluding tert-OH is 1. The van der Waals surface area contributed by atoms with Gasteiger partial charge >= 0.3 is 11.9 Å². The van der Waals surface area contributed by atoms with Gasteiger partial charge in [-0.1, -0.05) is 93.9 Å². The molecule has 4 aromatic rings. The average molecular weight is 948 g/mol. The predicted molar refractivity (Wildman–Crippen MR) is 233 cm³/mol. The summed E-state index contributed by atoms with van der Waals surface area (Å²) in [6, 6.07) is 7.46. The maximum Gasteiger partial charge on any atom is 0.358 e. The van der Waals surface area contributed by atoms with Gasteiger partial charge < -0.3 is 14.6 Å². The summed E-state index contributed by atoms with van der Waals surface area (Å²) in [5.74, 6) is 1.88. The molecule has 0 aromatic carbocycles. The van der Waals surface area contributed by atoms with Gasteiger partial charge in [0.25, 0.3) is 0 Å². The molecule has 0 saturated heterocycles. The van der Waals surface area contributed by atoms with Crippen LogP contribution in [0.1, 0.15) is 124 Å². The van der Waals surface area contributed by atoms with Crippen LogP contribution in [0.4, 0.5) is 0 Å². The zero-order valence-corrected chi connectivity index (χ0v) is 39.5. The van der Waals surface area contributed by atoms with Crippen LogP contribution in [0.5, 0.6) is 0 Å². The maximum absolute atomic E-state index is 11.6. The van der Waals surface area contributed by atoms with Gasteiger partial charge in [-0.15, -0.1) is 0 Å². The van der Waals surface area contributed by atoms with Crippen molar-refractivity contribution in [3.05, 3.63) is 69.8 Å². The molecule has 13 nitrogen and oxygen atoms in total. The summed E-state index contributed by atoms with van der Waals surface area (Å²) in [5, 5.41) is 29.2. The van der Waals surface area contributed by atoms with Gasteiger partial charge in [0.2, 0.25) is 0 Å². The summed E-state index contributed by atoms with van der Waals surface area (Å²) in [7, 11) is 0. The number of rotatable bonds is 13. The van der Waals surface area contributed by atoms with Crippen molar-refractivity contribution in [3.8, 4) is 0 Å². The van der Waals surface area contributed by atoms with E-state index in [0.717, 1.165) is 59.4 Å². The van der Waals surface area contributed by atoms with Gasteiger partial charge in [-0.25, -0.2) is 9.59 Å². The van der Waals surface area contributed by atoms with Gasteiger partial charge in [0.05, 0.1) is 42.6 Å². The van der Waals surface area contributed by atoms with Crippen LogP contribution < -0.4 is 0 Å². The van der Waals surface area contributed by atoms with Crippen LogP contribution >= 0.6 is 38.5 Å².